The van der Waals surface area contributed by atoms with Crippen LogP contribution in [0.4, 0.5) is 5.82 Å². The molecule has 6 heteroatoms. The van der Waals surface area contributed by atoms with E-state index in [2.05, 4.69) is 15.3 Å². The molecule has 4 nitrogen and oxygen atoms in total. The third-order valence-corrected chi connectivity index (χ3v) is 3.98. The minimum absolute atomic E-state index is 0.334. The minimum atomic E-state index is 0.334. The van der Waals surface area contributed by atoms with E-state index in [0.717, 1.165) is 28.6 Å². The Bertz CT molecular complexity index is 400. The minimum Gasteiger partial charge on any atom is -0.396 e. The van der Waals surface area contributed by atoms with Gasteiger partial charge in [-0.05, 0) is 30.4 Å². The second-order valence-electron chi connectivity index (χ2n) is 4.09. The number of aromatic nitrogens is 2. The fourth-order valence-corrected chi connectivity index (χ4v) is 2.79. The number of anilines is 1. The van der Waals surface area contributed by atoms with Gasteiger partial charge in [0.05, 0.1) is 10.6 Å². The second kappa shape index (κ2) is 8.61. The number of rotatable bonds is 2. The SMILES string of the molecule is CC.CNc1nc(Cl)nc2c1SCC2.OCC1CC1. The van der Waals surface area contributed by atoms with Gasteiger partial charge in [0.2, 0.25) is 5.28 Å². The van der Waals surface area contributed by atoms with E-state index in [9.17, 15) is 0 Å². The predicted octanol–water partition coefficient (Wildman–Crippen LogP) is 3.23. The predicted molar refractivity (Wildman–Crippen MR) is 82.2 cm³/mol. The van der Waals surface area contributed by atoms with Crippen LogP contribution in [0.5, 0.6) is 0 Å². The molecule has 1 fully saturated rings. The van der Waals surface area contributed by atoms with E-state index in [4.69, 9.17) is 16.7 Å². The molecule has 0 atom stereocenters. The van der Waals surface area contributed by atoms with Crippen LogP contribution >= 0.6 is 23.4 Å². The van der Waals surface area contributed by atoms with E-state index < -0.39 is 0 Å². The summed E-state index contributed by atoms with van der Waals surface area (Å²) in [6.45, 7) is 4.42. The average Bonchev–Trinajstić information content (AvgIpc) is 3.18. The molecule has 108 valence electrons. The Morgan fingerprint density at radius 1 is 1.37 bits per heavy atom. The summed E-state index contributed by atoms with van der Waals surface area (Å²) < 4.78 is 0. The maximum atomic E-state index is 8.21. The Balaban J connectivity index is 0.000000216. The van der Waals surface area contributed by atoms with Crippen LogP contribution in [0, 0.1) is 5.92 Å². The van der Waals surface area contributed by atoms with E-state index >= 15 is 0 Å². The first kappa shape index (κ1) is 16.5. The van der Waals surface area contributed by atoms with Crippen molar-refractivity contribution in [1.82, 2.24) is 9.97 Å². The number of nitrogens with one attached hydrogen (secondary N) is 1. The van der Waals surface area contributed by atoms with E-state index in [0.29, 0.717) is 17.8 Å². The molecule has 1 aromatic rings. The Kier molecular flexibility index (Phi) is 7.49. The quantitative estimate of drug-likeness (QED) is 0.822. The van der Waals surface area contributed by atoms with Gasteiger partial charge in [-0.25, -0.2) is 4.98 Å². The Labute approximate surface area is 124 Å². The zero-order valence-corrected chi connectivity index (χ0v) is 13.3. The van der Waals surface area contributed by atoms with Gasteiger partial charge in [-0.3, -0.25) is 0 Å². The van der Waals surface area contributed by atoms with Crippen LogP contribution in [0.3, 0.4) is 0 Å². The van der Waals surface area contributed by atoms with Crippen LogP contribution in [0.1, 0.15) is 32.4 Å². The van der Waals surface area contributed by atoms with E-state index in [1.165, 1.54) is 12.8 Å². The largest absolute Gasteiger partial charge is 0.396 e. The van der Waals surface area contributed by atoms with Crippen LogP contribution in [-0.2, 0) is 6.42 Å². The number of aliphatic hydroxyl groups is 1. The van der Waals surface area contributed by atoms with Crippen LogP contribution in [0.25, 0.3) is 0 Å². The normalized spacial score (nSPS) is 15.6. The standard InChI is InChI=1S/C7H8ClN3S.C4H8O.C2H6/c1-9-6-5-4(2-3-12-5)10-7(8)11-6;5-3-4-1-2-4;1-2/h2-3H2,1H3,(H,9,10,11);4-5H,1-3H2;1-2H3. The highest BCUT2D eigenvalue weighted by Gasteiger charge is 2.19. The van der Waals surface area contributed by atoms with Gasteiger partial charge in [-0.15, -0.1) is 11.8 Å². The summed E-state index contributed by atoms with van der Waals surface area (Å²) in [4.78, 5) is 9.40. The first-order valence-corrected chi connectivity index (χ1v) is 8.08. The van der Waals surface area contributed by atoms with E-state index in [-0.39, 0.29) is 0 Å². The molecule has 0 bridgehead atoms. The topological polar surface area (TPSA) is 58.0 Å². The summed E-state index contributed by atoms with van der Waals surface area (Å²) in [6, 6.07) is 0. The van der Waals surface area contributed by atoms with E-state index in [1.807, 2.05) is 20.9 Å². The molecule has 0 unspecified atom stereocenters. The summed E-state index contributed by atoms with van der Waals surface area (Å²) in [5.74, 6) is 2.63. The lowest BCUT2D eigenvalue weighted by Crippen LogP contribution is -1.98. The van der Waals surface area contributed by atoms with Gasteiger partial charge in [0.25, 0.3) is 0 Å². The smallest absolute Gasteiger partial charge is 0.224 e. The molecule has 1 aromatic heterocycles. The van der Waals surface area contributed by atoms with Crippen molar-refractivity contribution in [1.29, 1.82) is 0 Å². The first-order chi connectivity index (χ1) is 9.24. The van der Waals surface area contributed by atoms with Crippen molar-refractivity contribution < 1.29 is 5.11 Å². The summed E-state index contributed by atoms with van der Waals surface area (Å²) in [6.07, 6.45) is 3.52. The van der Waals surface area contributed by atoms with Gasteiger partial charge in [-0.2, -0.15) is 4.98 Å². The van der Waals surface area contributed by atoms with Crippen LogP contribution < -0.4 is 5.32 Å². The molecule has 0 aromatic carbocycles. The first-order valence-electron chi connectivity index (χ1n) is 6.72. The molecule has 1 saturated carbocycles. The average molecular weight is 304 g/mol. The number of nitrogens with zero attached hydrogens (tertiary/aromatic N) is 2. The number of hydrogen-bond acceptors (Lipinski definition) is 5. The van der Waals surface area contributed by atoms with Crippen molar-refractivity contribution in [2.45, 2.75) is 38.0 Å². The Morgan fingerprint density at radius 3 is 2.53 bits per heavy atom. The maximum absolute atomic E-state index is 8.21. The molecule has 2 aliphatic rings. The fourth-order valence-electron chi connectivity index (χ4n) is 1.51. The molecule has 1 aliphatic carbocycles. The molecule has 0 spiro atoms. The van der Waals surface area contributed by atoms with Crippen molar-refractivity contribution in [3.63, 3.8) is 0 Å². The molecule has 0 saturated heterocycles. The lowest BCUT2D eigenvalue weighted by molar-refractivity contribution is 0.277. The van der Waals surface area contributed by atoms with E-state index in [1.54, 1.807) is 11.8 Å². The van der Waals surface area contributed by atoms with Gasteiger partial charge in [0, 0.05) is 25.8 Å². The molecule has 2 N–H and O–H groups in total. The summed E-state index contributed by atoms with van der Waals surface area (Å²) in [7, 11) is 1.85. The third kappa shape index (κ3) is 5.16. The fraction of sp³-hybridized carbons (Fsp3) is 0.692. The zero-order valence-electron chi connectivity index (χ0n) is 11.7. The number of thioether (sulfide) groups is 1. The summed E-state index contributed by atoms with van der Waals surface area (Å²) in [5.41, 5.74) is 1.07. The zero-order chi connectivity index (χ0) is 14.3. The number of aryl methyl sites for hydroxylation is 1. The highest BCUT2D eigenvalue weighted by molar-refractivity contribution is 7.99. The summed E-state index contributed by atoms with van der Waals surface area (Å²) in [5, 5.41) is 11.6. The van der Waals surface area contributed by atoms with Crippen molar-refractivity contribution in [3.8, 4) is 0 Å². The lowest BCUT2D eigenvalue weighted by Gasteiger charge is -2.04. The van der Waals surface area contributed by atoms with Gasteiger partial charge < -0.3 is 10.4 Å². The molecule has 0 radical (unpaired) electrons. The number of halogens is 1. The van der Waals surface area contributed by atoms with Crippen molar-refractivity contribution in [3.05, 3.63) is 11.0 Å². The van der Waals surface area contributed by atoms with Gasteiger partial charge in [-0.1, -0.05) is 13.8 Å². The lowest BCUT2D eigenvalue weighted by atomic mass is 10.3. The Morgan fingerprint density at radius 2 is 2.05 bits per heavy atom. The van der Waals surface area contributed by atoms with Crippen molar-refractivity contribution in [2.24, 2.45) is 5.92 Å². The molecule has 3 rings (SSSR count). The summed E-state index contributed by atoms with van der Waals surface area (Å²) >= 11 is 7.52. The molecular weight excluding hydrogens is 282 g/mol. The number of aliphatic hydroxyl groups excluding tert-OH is 1. The van der Waals surface area contributed by atoms with Crippen LogP contribution in [-0.4, -0.2) is 34.5 Å². The number of hydrogen-bond donors (Lipinski definition) is 2. The van der Waals surface area contributed by atoms with Gasteiger partial charge in [0.1, 0.15) is 5.82 Å². The Hall–Kier alpha value is -0.520. The van der Waals surface area contributed by atoms with Crippen LogP contribution in [0.15, 0.2) is 4.90 Å². The van der Waals surface area contributed by atoms with Crippen molar-refractivity contribution in [2.75, 3.05) is 24.7 Å². The highest BCUT2D eigenvalue weighted by atomic mass is 35.5. The van der Waals surface area contributed by atoms with Gasteiger partial charge >= 0.3 is 0 Å². The monoisotopic (exact) mass is 303 g/mol. The highest BCUT2D eigenvalue weighted by Crippen LogP contribution is 2.35. The molecule has 2 heterocycles. The molecule has 19 heavy (non-hydrogen) atoms. The van der Waals surface area contributed by atoms with Crippen LogP contribution in [0.2, 0.25) is 5.28 Å². The third-order valence-electron chi connectivity index (χ3n) is 2.69. The maximum Gasteiger partial charge on any atom is 0.224 e. The number of fused-ring (bicyclic) bond motifs is 1. The van der Waals surface area contributed by atoms with Crippen molar-refractivity contribution >= 4 is 29.2 Å². The molecule has 1 aliphatic heterocycles. The van der Waals surface area contributed by atoms with Gasteiger partial charge in [0.15, 0.2) is 0 Å². The molecule has 0 amide bonds. The second-order valence-corrected chi connectivity index (χ2v) is 5.53. The molecular formula is C13H22ClN3OS.